The molecule has 0 aliphatic rings. The fraction of sp³-hybridized carbons (Fsp3) is 0.462. The SMILES string of the molecule is CC(C)(C)c1ccc(C(=O)NCCS)cc1. The van der Waals surface area contributed by atoms with E-state index in [0.29, 0.717) is 17.9 Å². The normalized spacial score (nSPS) is 11.2. The number of amides is 1. The second kappa shape index (κ2) is 5.39. The number of carbonyl (C=O) groups is 1. The third-order valence-electron chi connectivity index (χ3n) is 2.41. The van der Waals surface area contributed by atoms with E-state index in [1.165, 1.54) is 5.56 Å². The molecule has 3 heteroatoms. The van der Waals surface area contributed by atoms with Gasteiger partial charge in [0.05, 0.1) is 0 Å². The molecule has 2 nitrogen and oxygen atoms in total. The van der Waals surface area contributed by atoms with E-state index < -0.39 is 0 Å². The first kappa shape index (κ1) is 13.1. The van der Waals surface area contributed by atoms with Crippen LogP contribution in [-0.2, 0) is 5.41 Å². The van der Waals surface area contributed by atoms with Crippen molar-refractivity contribution in [3.05, 3.63) is 35.4 Å². The van der Waals surface area contributed by atoms with Crippen molar-refractivity contribution in [2.24, 2.45) is 0 Å². The predicted octanol–water partition coefficient (Wildman–Crippen LogP) is 2.64. The number of nitrogens with one attached hydrogen (secondary N) is 1. The van der Waals surface area contributed by atoms with Gasteiger partial charge in [-0.15, -0.1) is 0 Å². The molecule has 0 fully saturated rings. The Morgan fingerprint density at radius 2 is 1.81 bits per heavy atom. The van der Waals surface area contributed by atoms with Crippen molar-refractivity contribution in [2.45, 2.75) is 26.2 Å². The van der Waals surface area contributed by atoms with Crippen molar-refractivity contribution >= 4 is 18.5 Å². The minimum atomic E-state index is -0.0329. The van der Waals surface area contributed by atoms with Crippen LogP contribution in [0.1, 0.15) is 36.7 Å². The van der Waals surface area contributed by atoms with Gasteiger partial charge in [-0.25, -0.2) is 0 Å². The van der Waals surface area contributed by atoms with E-state index >= 15 is 0 Å². The van der Waals surface area contributed by atoms with Crippen molar-refractivity contribution in [1.82, 2.24) is 5.32 Å². The predicted molar refractivity (Wildman–Crippen MR) is 71.3 cm³/mol. The maximum absolute atomic E-state index is 11.6. The molecule has 0 saturated heterocycles. The van der Waals surface area contributed by atoms with Crippen LogP contribution in [0.2, 0.25) is 0 Å². The van der Waals surface area contributed by atoms with E-state index in [0.717, 1.165) is 0 Å². The Hall–Kier alpha value is -0.960. The molecule has 0 spiro atoms. The maximum atomic E-state index is 11.6. The number of thiol groups is 1. The molecule has 0 unspecified atom stereocenters. The fourth-order valence-electron chi connectivity index (χ4n) is 1.39. The molecule has 0 aliphatic heterocycles. The summed E-state index contributed by atoms with van der Waals surface area (Å²) in [5.41, 5.74) is 2.06. The number of carbonyl (C=O) groups excluding carboxylic acids is 1. The van der Waals surface area contributed by atoms with Crippen LogP contribution in [0.5, 0.6) is 0 Å². The van der Waals surface area contributed by atoms with Crippen LogP contribution in [-0.4, -0.2) is 18.2 Å². The first-order valence-electron chi connectivity index (χ1n) is 5.45. The van der Waals surface area contributed by atoms with Gasteiger partial charge in [0.25, 0.3) is 5.91 Å². The van der Waals surface area contributed by atoms with Crippen molar-refractivity contribution in [3.63, 3.8) is 0 Å². The molecule has 1 rings (SSSR count). The molecule has 16 heavy (non-hydrogen) atoms. The van der Waals surface area contributed by atoms with E-state index in [9.17, 15) is 4.79 Å². The molecule has 88 valence electrons. The molecule has 1 amide bonds. The van der Waals surface area contributed by atoms with E-state index in [2.05, 4.69) is 38.7 Å². The van der Waals surface area contributed by atoms with Crippen molar-refractivity contribution in [1.29, 1.82) is 0 Å². The minimum Gasteiger partial charge on any atom is -0.351 e. The summed E-state index contributed by atoms with van der Waals surface area (Å²) < 4.78 is 0. The van der Waals surface area contributed by atoms with Crippen LogP contribution in [0.4, 0.5) is 0 Å². The average molecular weight is 237 g/mol. The van der Waals surface area contributed by atoms with E-state index in [1.807, 2.05) is 24.3 Å². The van der Waals surface area contributed by atoms with Gasteiger partial charge < -0.3 is 5.32 Å². The number of benzene rings is 1. The van der Waals surface area contributed by atoms with Crippen molar-refractivity contribution in [2.75, 3.05) is 12.3 Å². The Balaban J connectivity index is 2.75. The molecule has 0 aromatic heterocycles. The first-order chi connectivity index (χ1) is 7.45. The van der Waals surface area contributed by atoms with Gasteiger partial charge in [0, 0.05) is 17.9 Å². The highest BCUT2D eigenvalue weighted by atomic mass is 32.1. The molecule has 0 aliphatic carbocycles. The molecule has 0 heterocycles. The highest BCUT2D eigenvalue weighted by Crippen LogP contribution is 2.22. The lowest BCUT2D eigenvalue weighted by molar-refractivity contribution is 0.0956. The number of hydrogen-bond donors (Lipinski definition) is 2. The summed E-state index contributed by atoms with van der Waals surface area (Å²) in [6.07, 6.45) is 0. The Kier molecular flexibility index (Phi) is 4.42. The molecule has 0 saturated carbocycles. The van der Waals surface area contributed by atoms with Crippen LogP contribution in [0, 0.1) is 0 Å². The molecule has 0 bridgehead atoms. The summed E-state index contributed by atoms with van der Waals surface area (Å²) in [5.74, 6) is 0.626. The summed E-state index contributed by atoms with van der Waals surface area (Å²) in [7, 11) is 0. The molecule has 0 radical (unpaired) electrons. The number of hydrogen-bond acceptors (Lipinski definition) is 2. The van der Waals surface area contributed by atoms with Crippen LogP contribution >= 0.6 is 12.6 Å². The summed E-state index contributed by atoms with van der Waals surface area (Å²) in [6, 6.07) is 7.76. The van der Waals surface area contributed by atoms with Crippen LogP contribution < -0.4 is 5.32 Å². The lowest BCUT2D eigenvalue weighted by atomic mass is 9.87. The third kappa shape index (κ3) is 3.56. The van der Waals surface area contributed by atoms with Crippen LogP contribution in [0.3, 0.4) is 0 Å². The highest BCUT2D eigenvalue weighted by molar-refractivity contribution is 7.80. The average Bonchev–Trinajstić information content (AvgIpc) is 2.25. The summed E-state index contributed by atoms with van der Waals surface area (Å²) in [4.78, 5) is 11.6. The Bertz CT molecular complexity index is 351. The summed E-state index contributed by atoms with van der Waals surface area (Å²) in [6.45, 7) is 7.07. The van der Waals surface area contributed by atoms with Gasteiger partial charge in [-0.2, -0.15) is 12.6 Å². The zero-order valence-electron chi connectivity index (χ0n) is 10.1. The van der Waals surface area contributed by atoms with Gasteiger partial charge in [0.1, 0.15) is 0 Å². The molecule has 1 aromatic carbocycles. The van der Waals surface area contributed by atoms with Crippen LogP contribution in [0.25, 0.3) is 0 Å². The standard InChI is InChI=1S/C13H19NOS/c1-13(2,3)11-6-4-10(5-7-11)12(15)14-8-9-16/h4-7,16H,8-9H2,1-3H3,(H,14,15). The zero-order chi connectivity index (χ0) is 12.2. The minimum absolute atomic E-state index is 0.0329. The molecular formula is C13H19NOS. The molecular weight excluding hydrogens is 218 g/mol. The van der Waals surface area contributed by atoms with Gasteiger partial charge in [0.15, 0.2) is 0 Å². The lowest BCUT2D eigenvalue weighted by Crippen LogP contribution is -2.25. The molecule has 1 N–H and O–H groups in total. The lowest BCUT2D eigenvalue weighted by Gasteiger charge is -2.19. The fourth-order valence-corrected chi connectivity index (χ4v) is 1.50. The summed E-state index contributed by atoms with van der Waals surface area (Å²) in [5, 5.41) is 2.79. The zero-order valence-corrected chi connectivity index (χ0v) is 11.0. The second-order valence-corrected chi connectivity index (χ2v) is 5.25. The second-order valence-electron chi connectivity index (χ2n) is 4.81. The van der Waals surface area contributed by atoms with Crippen molar-refractivity contribution < 1.29 is 4.79 Å². The Morgan fingerprint density at radius 1 is 1.25 bits per heavy atom. The van der Waals surface area contributed by atoms with Gasteiger partial charge in [-0.05, 0) is 23.1 Å². The smallest absolute Gasteiger partial charge is 0.251 e. The van der Waals surface area contributed by atoms with Gasteiger partial charge in [0.2, 0.25) is 0 Å². The van der Waals surface area contributed by atoms with Gasteiger partial charge >= 0.3 is 0 Å². The Morgan fingerprint density at radius 3 is 2.25 bits per heavy atom. The largest absolute Gasteiger partial charge is 0.351 e. The number of rotatable bonds is 3. The van der Waals surface area contributed by atoms with E-state index in [-0.39, 0.29) is 11.3 Å². The summed E-state index contributed by atoms with van der Waals surface area (Å²) >= 11 is 4.05. The quantitative estimate of drug-likeness (QED) is 0.778. The first-order valence-corrected chi connectivity index (χ1v) is 6.08. The highest BCUT2D eigenvalue weighted by Gasteiger charge is 2.13. The third-order valence-corrected chi connectivity index (χ3v) is 2.63. The molecule has 1 aromatic rings. The topological polar surface area (TPSA) is 29.1 Å². The van der Waals surface area contributed by atoms with Gasteiger partial charge in [-0.1, -0.05) is 32.9 Å². The van der Waals surface area contributed by atoms with Crippen LogP contribution in [0.15, 0.2) is 24.3 Å². The van der Waals surface area contributed by atoms with E-state index in [4.69, 9.17) is 0 Å². The molecule has 0 atom stereocenters. The van der Waals surface area contributed by atoms with Crippen molar-refractivity contribution in [3.8, 4) is 0 Å². The van der Waals surface area contributed by atoms with Gasteiger partial charge in [-0.3, -0.25) is 4.79 Å². The Labute approximate surface area is 103 Å². The maximum Gasteiger partial charge on any atom is 0.251 e. The van der Waals surface area contributed by atoms with E-state index in [1.54, 1.807) is 0 Å². The monoisotopic (exact) mass is 237 g/mol.